The van der Waals surface area contributed by atoms with Gasteiger partial charge in [-0.2, -0.15) is 0 Å². The summed E-state index contributed by atoms with van der Waals surface area (Å²) in [6.45, 7) is 0. The number of benzene rings is 2. The fraction of sp³-hybridized carbons (Fsp3) is 0.222. The normalized spacial score (nSPS) is 13.0. The van der Waals surface area contributed by atoms with E-state index in [-0.39, 0.29) is 17.3 Å². The van der Waals surface area contributed by atoms with Gasteiger partial charge in [-0.05, 0) is 43.2 Å². The van der Waals surface area contributed by atoms with Crippen LogP contribution in [0.2, 0.25) is 0 Å². The fourth-order valence-corrected chi connectivity index (χ4v) is 2.44. The van der Waals surface area contributed by atoms with Crippen molar-refractivity contribution in [2.24, 2.45) is 0 Å². The Hall–Kier alpha value is -3.42. The van der Waals surface area contributed by atoms with Crippen molar-refractivity contribution in [1.29, 1.82) is 0 Å². The van der Waals surface area contributed by atoms with Crippen molar-refractivity contribution < 1.29 is 19.2 Å². The molecule has 8 heteroatoms. The van der Waals surface area contributed by atoms with E-state index in [1.54, 1.807) is 18.2 Å². The van der Waals surface area contributed by atoms with E-state index in [1.807, 2.05) is 0 Å². The number of hydrogen-bond acceptors (Lipinski definition) is 6. The Labute approximate surface area is 149 Å². The van der Waals surface area contributed by atoms with E-state index in [0.29, 0.717) is 16.9 Å². The number of carbonyl (C=O) groups is 2. The molecule has 2 N–H and O–H groups in total. The van der Waals surface area contributed by atoms with Crippen molar-refractivity contribution in [3.8, 4) is 0 Å². The van der Waals surface area contributed by atoms with E-state index in [0.717, 1.165) is 12.8 Å². The maximum atomic E-state index is 12.4. The summed E-state index contributed by atoms with van der Waals surface area (Å²) in [6.07, 6.45) is 1.96. The topological polar surface area (TPSA) is 111 Å². The zero-order valence-electron chi connectivity index (χ0n) is 14.0. The first-order chi connectivity index (χ1) is 12.5. The lowest BCUT2D eigenvalue weighted by Gasteiger charge is -2.09. The van der Waals surface area contributed by atoms with Crippen LogP contribution in [0.25, 0.3) is 0 Å². The second kappa shape index (κ2) is 7.22. The molecule has 2 aromatic rings. The van der Waals surface area contributed by atoms with Crippen molar-refractivity contribution in [3.05, 3.63) is 63.7 Å². The summed E-state index contributed by atoms with van der Waals surface area (Å²) in [6, 6.07) is 10.8. The van der Waals surface area contributed by atoms with Gasteiger partial charge < -0.3 is 15.4 Å². The lowest BCUT2D eigenvalue weighted by Crippen LogP contribution is -2.13. The minimum atomic E-state index is -0.521. The molecule has 0 unspecified atom stereocenters. The molecule has 0 bridgehead atoms. The zero-order chi connectivity index (χ0) is 18.7. The van der Waals surface area contributed by atoms with Gasteiger partial charge in [0.05, 0.1) is 17.6 Å². The van der Waals surface area contributed by atoms with Gasteiger partial charge in [0.1, 0.15) is 5.69 Å². The molecule has 0 aliphatic heterocycles. The zero-order valence-corrected chi connectivity index (χ0v) is 14.0. The van der Waals surface area contributed by atoms with Crippen molar-refractivity contribution in [2.75, 3.05) is 17.7 Å². The standard InChI is InChI=1S/C18H17N3O5/c1-26-18(23)12-3-2-4-14(9-12)20-17(22)11-5-8-15(19-13-6-7-13)16(10-11)21(24)25/h2-5,8-10,13,19H,6-7H2,1H3,(H,20,22). The number of carbonyl (C=O) groups excluding carboxylic acids is 2. The minimum absolute atomic E-state index is 0.145. The van der Waals surface area contributed by atoms with Crippen LogP contribution in [0, 0.1) is 10.1 Å². The molecule has 0 radical (unpaired) electrons. The second-order valence-corrected chi connectivity index (χ2v) is 5.93. The molecule has 0 saturated heterocycles. The first-order valence-corrected chi connectivity index (χ1v) is 8.02. The predicted octanol–water partition coefficient (Wildman–Crippen LogP) is 3.21. The molecule has 134 valence electrons. The van der Waals surface area contributed by atoms with Crippen LogP contribution in [0.5, 0.6) is 0 Å². The fourth-order valence-electron chi connectivity index (χ4n) is 2.44. The van der Waals surface area contributed by atoms with Gasteiger partial charge in [0.25, 0.3) is 11.6 Å². The maximum absolute atomic E-state index is 12.4. The molecule has 1 saturated carbocycles. The third kappa shape index (κ3) is 3.97. The summed E-state index contributed by atoms with van der Waals surface area (Å²) < 4.78 is 4.64. The number of amides is 1. The SMILES string of the molecule is COC(=O)c1cccc(NC(=O)c2ccc(NC3CC3)c([N+](=O)[O-])c2)c1. The number of anilines is 2. The highest BCUT2D eigenvalue weighted by molar-refractivity contribution is 6.05. The summed E-state index contributed by atoms with van der Waals surface area (Å²) in [7, 11) is 1.27. The smallest absolute Gasteiger partial charge is 0.337 e. The molecular formula is C18H17N3O5. The summed E-state index contributed by atoms with van der Waals surface area (Å²) in [5.74, 6) is -1.03. The van der Waals surface area contributed by atoms with Crippen LogP contribution in [0.4, 0.5) is 17.1 Å². The average molecular weight is 355 g/mol. The lowest BCUT2D eigenvalue weighted by atomic mass is 10.1. The molecule has 1 amide bonds. The summed E-state index contributed by atoms with van der Waals surface area (Å²) in [5.41, 5.74) is 1.09. The predicted molar refractivity (Wildman–Crippen MR) is 95.5 cm³/mol. The van der Waals surface area contributed by atoms with Crippen molar-refractivity contribution in [3.63, 3.8) is 0 Å². The van der Waals surface area contributed by atoms with Crippen molar-refractivity contribution in [2.45, 2.75) is 18.9 Å². The molecule has 1 aliphatic carbocycles. The van der Waals surface area contributed by atoms with Gasteiger partial charge in [-0.15, -0.1) is 0 Å². The van der Waals surface area contributed by atoms with E-state index in [4.69, 9.17) is 0 Å². The molecule has 2 aromatic carbocycles. The molecule has 8 nitrogen and oxygen atoms in total. The van der Waals surface area contributed by atoms with Gasteiger partial charge in [-0.3, -0.25) is 14.9 Å². The van der Waals surface area contributed by atoms with E-state index in [9.17, 15) is 19.7 Å². The number of esters is 1. The van der Waals surface area contributed by atoms with Gasteiger partial charge in [0.15, 0.2) is 0 Å². The Morgan fingerprint density at radius 2 is 1.92 bits per heavy atom. The quantitative estimate of drug-likeness (QED) is 0.468. The van der Waals surface area contributed by atoms with Crippen LogP contribution in [-0.2, 0) is 4.74 Å². The van der Waals surface area contributed by atoms with Gasteiger partial charge in [-0.1, -0.05) is 6.07 Å². The number of methoxy groups -OCH3 is 1. The van der Waals surface area contributed by atoms with Crippen LogP contribution in [0.15, 0.2) is 42.5 Å². The van der Waals surface area contributed by atoms with Crippen LogP contribution >= 0.6 is 0 Å². The highest BCUT2D eigenvalue weighted by atomic mass is 16.6. The number of nitrogens with one attached hydrogen (secondary N) is 2. The average Bonchev–Trinajstić information content (AvgIpc) is 3.45. The highest BCUT2D eigenvalue weighted by Gasteiger charge is 2.25. The number of hydrogen-bond donors (Lipinski definition) is 2. The maximum Gasteiger partial charge on any atom is 0.337 e. The van der Waals surface area contributed by atoms with Gasteiger partial charge in [0.2, 0.25) is 0 Å². The number of nitrogens with zero attached hydrogens (tertiary/aromatic N) is 1. The molecule has 0 heterocycles. The number of ether oxygens (including phenoxy) is 1. The molecular weight excluding hydrogens is 338 g/mol. The van der Waals surface area contributed by atoms with E-state index >= 15 is 0 Å². The Morgan fingerprint density at radius 1 is 1.15 bits per heavy atom. The van der Waals surface area contributed by atoms with E-state index < -0.39 is 16.8 Å². The Bertz CT molecular complexity index is 877. The van der Waals surface area contributed by atoms with E-state index in [1.165, 1.54) is 31.4 Å². The molecule has 1 fully saturated rings. The Kier molecular flexibility index (Phi) is 4.83. The van der Waals surface area contributed by atoms with Crippen LogP contribution in [0.1, 0.15) is 33.6 Å². The number of nitro groups is 1. The number of rotatable bonds is 6. The third-order valence-electron chi connectivity index (χ3n) is 3.94. The minimum Gasteiger partial charge on any atom is -0.465 e. The van der Waals surface area contributed by atoms with E-state index in [2.05, 4.69) is 15.4 Å². The van der Waals surface area contributed by atoms with Gasteiger partial charge in [-0.25, -0.2) is 4.79 Å². The van der Waals surface area contributed by atoms with Crippen LogP contribution < -0.4 is 10.6 Å². The van der Waals surface area contributed by atoms with Crippen molar-refractivity contribution >= 4 is 28.9 Å². The second-order valence-electron chi connectivity index (χ2n) is 5.93. The summed E-state index contributed by atoms with van der Waals surface area (Å²) >= 11 is 0. The molecule has 0 aromatic heterocycles. The largest absolute Gasteiger partial charge is 0.465 e. The van der Waals surface area contributed by atoms with Gasteiger partial charge >= 0.3 is 5.97 Å². The lowest BCUT2D eigenvalue weighted by molar-refractivity contribution is -0.384. The highest BCUT2D eigenvalue weighted by Crippen LogP contribution is 2.31. The first kappa shape index (κ1) is 17.4. The van der Waals surface area contributed by atoms with Gasteiger partial charge in [0, 0.05) is 23.4 Å². The Balaban J connectivity index is 1.80. The molecule has 26 heavy (non-hydrogen) atoms. The summed E-state index contributed by atoms with van der Waals surface area (Å²) in [5, 5.41) is 17.0. The monoisotopic (exact) mass is 355 g/mol. The van der Waals surface area contributed by atoms with Crippen LogP contribution in [0.3, 0.4) is 0 Å². The molecule has 0 spiro atoms. The number of nitro benzene ring substituents is 1. The molecule has 3 rings (SSSR count). The molecule has 0 atom stereocenters. The Morgan fingerprint density at radius 3 is 2.58 bits per heavy atom. The third-order valence-corrected chi connectivity index (χ3v) is 3.94. The van der Waals surface area contributed by atoms with Crippen molar-refractivity contribution in [1.82, 2.24) is 0 Å². The summed E-state index contributed by atoms with van der Waals surface area (Å²) in [4.78, 5) is 34.7. The van der Waals surface area contributed by atoms with Crippen LogP contribution in [-0.4, -0.2) is 30.0 Å². The molecule has 1 aliphatic rings. The first-order valence-electron chi connectivity index (χ1n) is 8.02.